The van der Waals surface area contributed by atoms with E-state index in [4.69, 9.17) is 9.47 Å². The lowest BCUT2D eigenvalue weighted by Gasteiger charge is -2.07. The second-order valence-electron chi connectivity index (χ2n) is 6.78. The smallest absolute Gasteiger partial charge is 0.263 e. The third kappa shape index (κ3) is 4.37. The number of hydrogen-bond donors (Lipinski definition) is 1. The number of nitrogens with one attached hydrogen (secondary N) is 1. The summed E-state index contributed by atoms with van der Waals surface area (Å²) in [7, 11) is 3.10. The number of amides is 1. The number of hydrogen-bond acceptors (Lipinski definition) is 7. The predicted octanol–water partition coefficient (Wildman–Crippen LogP) is 3.29. The molecule has 0 radical (unpaired) electrons. The van der Waals surface area contributed by atoms with Gasteiger partial charge in [0.1, 0.15) is 11.4 Å². The van der Waals surface area contributed by atoms with Crippen LogP contribution in [0.3, 0.4) is 0 Å². The number of benzene rings is 2. The first kappa shape index (κ1) is 21.3. The normalized spacial score (nSPS) is 11.1. The molecule has 0 fully saturated rings. The average Bonchev–Trinajstić information content (AvgIpc) is 3.26. The number of ether oxygens (including phenoxy) is 2. The summed E-state index contributed by atoms with van der Waals surface area (Å²) in [6.45, 7) is -0.199. The van der Waals surface area contributed by atoms with Crippen LogP contribution in [0.1, 0.15) is 5.56 Å². The largest absolute Gasteiger partial charge is 0.493 e. The second kappa shape index (κ2) is 9.44. The molecule has 32 heavy (non-hydrogen) atoms. The minimum absolute atomic E-state index is 0.199. The maximum atomic E-state index is 13.0. The first-order valence-corrected chi connectivity index (χ1v) is 10.5. The van der Waals surface area contributed by atoms with Crippen molar-refractivity contribution in [2.75, 3.05) is 14.2 Å². The summed E-state index contributed by atoms with van der Waals surface area (Å²) in [5.74, 6) is 0.708. The zero-order valence-corrected chi connectivity index (χ0v) is 18.3. The molecule has 8 nitrogen and oxygen atoms in total. The van der Waals surface area contributed by atoms with Crippen molar-refractivity contribution < 1.29 is 14.3 Å². The molecule has 2 aromatic carbocycles. The van der Waals surface area contributed by atoms with Crippen LogP contribution >= 0.6 is 11.3 Å². The first-order valence-electron chi connectivity index (χ1n) is 9.66. The van der Waals surface area contributed by atoms with E-state index < -0.39 is 5.91 Å². The van der Waals surface area contributed by atoms with E-state index in [2.05, 4.69) is 15.5 Å². The van der Waals surface area contributed by atoms with Gasteiger partial charge in [0.2, 0.25) is 0 Å². The molecule has 0 atom stereocenters. The zero-order chi connectivity index (χ0) is 22.5. The van der Waals surface area contributed by atoms with Gasteiger partial charge in [0.15, 0.2) is 11.5 Å². The van der Waals surface area contributed by atoms with E-state index in [0.717, 1.165) is 11.1 Å². The lowest BCUT2D eigenvalue weighted by atomic mass is 10.1. The number of carbonyl (C=O) groups is 1. The number of rotatable bonds is 7. The summed E-state index contributed by atoms with van der Waals surface area (Å²) in [4.78, 5) is 30.4. The minimum atomic E-state index is -0.443. The maximum Gasteiger partial charge on any atom is 0.263 e. The van der Waals surface area contributed by atoms with Gasteiger partial charge in [-0.2, -0.15) is 5.10 Å². The number of hydrazone groups is 1. The highest BCUT2D eigenvalue weighted by Gasteiger charge is 2.14. The lowest BCUT2D eigenvalue weighted by molar-refractivity contribution is -0.121. The van der Waals surface area contributed by atoms with Crippen molar-refractivity contribution in [1.82, 2.24) is 15.0 Å². The van der Waals surface area contributed by atoms with Crippen molar-refractivity contribution in [2.45, 2.75) is 6.54 Å². The number of aromatic nitrogens is 2. The van der Waals surface area contributed by atoms with Gasteiger partial charge in [-0.1, -0.05) is 30.3 Å². The van der Waals surface area contributed by atoms with Crippen molar-refractivity contribution in [3.8, 4) is 22.6 Å². The van der Waals surface area contributed by atoms with E-state index >= 15 is 0 Å². The average molecular weight is 449 g/mol. The van der Waals surface area contributed by atoms with Crippen LogP contribution < -0.4 is 20.5 Å². The highest BCUT2D eigenvalue weighted by molar-refractivity contribution is 7.17. The SMILES string of the molecule is COc1ccc(/C=N/NC(=O)Cn2cnc3scc(-c4ccccc4)c3c2=O)cc1OC. The van der Waals surface area contributed by atoms with E-state index in [9.17, 15) is 9.59 Å². The van der Waals surface area contributed by atoms with Gasteiger partial charge in [-0.15, -0.1) is 11.3 Å². The van der Waals surface area contributed by atoms with Crippen molar-refractivity contribution in [2.24, 2.45) is 5.10 Å². The number of thiophene rings is 1. The van der Waals surface area contributed by atoms with Crippen LogP contribution in [-0.2, 0) is 11.3 Å². The number of nitrogens with zero attached hydrogens (tertiary/aromatic N) is 3. The van der Waals surface area contributed by atoms with Crippen molar-refractivity contribution in [3.05, 3.63) is 76.2 Å². The van der Waals surface area contributed by atoms with Crippen LogP contribution in [0.15, 0.2) is 70.1 Å². The molecule has 0 spiro atoms. The van der Waals surface area contributed by atoms with Crippen LogP contribution in [0.25, 0.3) is 21.3 Å². The minimum Gasteiger partial charge on any atom is -0.493 e. The zero-order valence-electron chi connectivity index (χ0n) is 17.4. The standard InChI is InChI=1S/C23H20N4O4S/c1-30-18-9-8-15(10-19(18)31-2)11-25-26-20(28)12-27-14-24-22-21(23(27)29)17(13-32-22)16-6-4-3-5-7-16/h3-11,13-14H,12H2,1-2H3,(H,26,28)/b25-11+. The molecular weight excluding hydrogens is 428 g/mol. The molecule has 0 aliphatic carbocycles. The molecule has 0 saturated carbocycles. The van der Waals surface area contributed by atoms with Gasteiger partial charge in [-0.3, -0.25) is 14.2 Å². The van der Waals surface area contributed by atoms with Crippen LogP contribution in [-0.4, -0.2) is 35.9 Å². The molecular formula is C23H20N4O4S. The summed E-state index contributed by atoms with van der Waals surface area (Å²) in [6.07, 6.45) is 2.87. The summed E-state index contributed by atoms with van der Waals surface area (Å²) in [5.41, 5.74) is 4.62. The Morgan fingerprint density at radius 1 is 1.16 bits per heavy atom. The molecule has 1 N–H and O–H groups in total. The van der Waals surface area contributed by atoms with E-state index in [-0.39, 0.29) is 12.1 Å². The topological polar surface area (TPSA) is 94.8 Å². The second-order valence-corrected chi connectivity index (χ2v) is 7.64. The fourth-order valence-corrected chi connectivity index (χ4v) is 4.12. The van der Waals surface area contributed by atoms with Gasteiger partial charge < -0.3 is 9.47 Å². The monoisotopic (exact) mass is 448 g/mol. The van der Waals surface area contributed by atoms with Gasteiger partial charge in [0.05, 0.1) is 32.1 Å². The summed E-state index contributed by atoms with van der Waals surface area (Å²) < 4.78 is 11.7. The Hall–Kier alpha value is -3.98. The Labute approximate surface area is 187 Å². The van der Waals surface area contributed by atoms with Gasteiger partial charge in [-0.05, 0) is 29.3 Å². The quantitative estimate of drug-likeness (QED) is 0.346. The summed E-state index contributed by atoms with van der Waals surface area (Å²) in [6, 6.07) is 14.9. The summed E-state index contributed by atoms with van der Waals surface area (Å²) in [5, 5.41) is 6.37. The van der Waals surface area contributed by atoms with Crippen molar-refractivity contribution in [3.63, 3.8) is 0 Å². The molecule has 4 rings (SSSR count). The maximum absolute atomic E-state index is 13.0. The van der Waals surface area contributed by atoms with Gasteiger partial charge in [0.25, 0.3) is 11.5 Å². The Kier molecular flexibility index (Phi) is 6.27. The van der Waals surface area contributed by atoms with Gasteiger partial charge in [0, 0.05) is 10.9 Å². The Morgan fingerprint density at radius 3 is 2.69 bits per heavy atom. The van der Waals surface area contributed by atoms with Crippen LogP contribution in [0.4, 0.5) is 0 Å². The lowest BCUT2D eigenvalue weighted by Crippen LogP contribution is -2.30. The van der Waals surface area contributed by atoms with Crippen molar-refractivity contribution >= 4 is 33.7 Å². The number of methoxy groups -OCH3 is 2. The highest BCUT2D eigenvalue weighted by atomic mass is 32.1. The summed E-state index contributed by atoms with van der Waals surface area (Å²) >= 11 is 1.40. The van der Waals surface area contributed by atoms with E-state index in [1.807, 2.05) is 35.7 Å². The van der Waals surface area contributed by atoms with E-state index in [0.29, 0.717) is 27.3 Å². The van der Waals surface area contributed by atoms with Crippen LogP contribution in [0, 0.1) is 0 Å². The van der Waals surface area contributed by atoms with Crippen molar-refractivity contribution in [1.29, 1.82) is 0 Å². The Balaban J connectivity index is 1.50. The molecule has 4 aromatic rings. The van der Waals surface area contributed by atoms with Gasteiger partial charge in [-0.25, -0.2) is 10.4 Å². The number of carbonyl (C=O) groups excluding carboxylic acids is 1. The molecule has 0 aliphatic rings. The molecule has 0 unspecified atom stereocenters. The van der Waals surface area contributed by atoms with Crippen LogP contribution in [0.2, 0.25) is 0 Å². The predicted molar refractivity (Wildman–Crippen MR) is 125 cm³/mol. The first-order chi connectivity index (χ1) is 15.6. The molecule has 0 bridgehead atoms. The fraction of sp³-hybridized carbons (Fsp3) is 0.130. The molecule has 0 aliphatic heterocycles. The van der Waals surface area contributed by atoms with Gasteiger partial charge >= 0.3 is 0 Å². The highest BCUT2D eigenvalue weighted by Crippen LogP contribution is 2.30. The van der Waals surface area contributed by atoms with E-state index in [1.165, 1.54) is 28.4 Å². The molecule has 2 heterocycles. The molecule has 9 heteroatoms. The molecule has 0 saturated heterocycles. The third-order valence-electron chi connectivity index (χ3n) is 4.77. The molecule has 162 valence electrons. The Morgan fingerprint density at radius 2 is 1.94 bits per heavy atom. The fourth-order valence-electron chi connectivity index (χ4n) is 3.21. The Bertz CT molecular complexity index is 1350. The molecule has 1 amide bonds. The van der Waals surface area contributed by atoms with E-state index in [1.54, 1.807) is 32.4 Å². The molecule has 2 aromatic heterocycles. The third-order valence-corrected chi connectivity index (χ3v) is 5.66. The number of fused-ring (bicyclic) bond motifs is 1. The van der Waals surface area contributed by atoms with Crippen LogP contribution in [0.5, 0.6) is 11.5 Å².